The van der Waals surface area contributed by atoms with Crippen LogP contribution in [-0.4, -0.2) is 82.3 Å². The summed E-state index contributed by atoms with van der Waals surface area (Å²) >= 11 is 0. The molecule has 2 unspecified atom stereocenters. The van der Waals surface area contributed by atoms with Crippen molar-refractivity contribution in [2.45, 2.75) is 270 Å². The van der Waals surface area contributed by atoms with Gasteiger partial charge in [0.2, 0.25) is 0 Å². The minimum absolute atomic E-state index is 0.150. The topological polar surface area (TPSA) is 111 Å². The number of carboxylic acids is 1. The van der Waals surface area contributed by atoms with Crippen LogP contribution in [-0.2, 0) is 33.3 Å². The van der Waals surface area contributed by atoms with E-state index in [1.54, 1.807) is 0 Å². The van der Waals surface area contributed by atoms with Crippen molar-refractivity contribution in [2.75, 3.05) is 47.5 Å². The van der Waals surface area contributed by atoms with E-state index < -0.39 is 24.3 Å². The highest BCUT2D eigenvalue weighted by atomic mass is 16.7. The highest BCUT2D eigenvalue weighted by Crippen LogP contribution is 2.17. The number of hydrogen-bond donors (Lipinski definition) is 0. The Bertz CT molecular complexity index is 1040. The van der Waals surface area contributed by atoms with Crippen LogP contribution in [0.4, 0.5) is 0 Å². The van der Waals surface area contributed by atoms with Crippen LogP contribution in [0.2, 0.25) is 0 Å². The summed E-state index contributed by atoms with van der Waals surface area (Å²) in [6.45, 7) is 4.78. The maximum absolute atomic E-state index is 12.8. The van der Waals surface area contributed by atoms with E-state index in [0.29, 0.717) is 23.9 Å². The van der Waals surface area contributed by atoms with Crippen LogP contribution in [0.15, 0.2) is 12.2 Å². The number of carbonyl (C=O) groups excluding carboxylic acids is 3. The average Bonchev–Trinajstić information content (AvgIpc) is 3.24. The lowest BCUT2D eigenvalue weighted by Crippen LogP contribution is -2.44. The number of likely N-dealkylation sites (N-methyl/N-ethyl adjacent to an activating group) is 1. The van der Waals surface area contributed by atoms with Gasteiger partial charge in [-0.2, -0.15) is 0 Å². The largest absolute Gasteiger partial charge is 0.545 e. The molecule has 0 spiro atoms. The van der Waals surface area contributed by atoms with Crippen molar-refractivity contribution in [3.63, 3.8) is 0 Å². The van der Waals surface area contributed by atoms with Gasteiger partial charge in [-0.3, -0.25) is 9.59 Å². The fourth-order valence-electron chi connectivity index (χ4n) is 7.83. The van der Waals surface area contributed by atoms with E-state index in [9.17, 15) is 19.5 Å². The zero-order valence-electron chi connectivity index (χ0n) is 42.2. The van der Waals surface area contributed by atoms with Crippen molar-refractivity contribution >= 4 is 17.9 Å². The SMILES string of the molecule is CCCCCCCC/C=C\CCCCCCCCCC(=O)OC(COC(=O)CCCCCCCCCCCCCCCCCCCCCCC)COC(OCC[N+](C)(C)C)C(=O)[O-]. The van der Waals surface area contributed by atoms with Gasteiger partial charge in [0.15, 0.2) is 12.4 Å². The number of esters is 2. The van der Waals surface area contributed by atoms with Gasteiger partial charge in [0.25, 0.3) is 0 Å². The summed E-state index contributed by atoms with van der Waals surface area (Å²) in [5, 5.41) is 11.7. The van der Waals surface area contributed by atoms with Gasteiger partial charge in [-0.1, -0.05) is 219 Å². The van der Waals surface area contributed by atoms with Crippen molar-refractivity contribution in [3.8, 4) is 0 Å². The van der Waals surface area contributed by atoms with Gasteiger partial charge < -0.3 is 33.3 Å². The Morgan fingerprint density at radius 1 is 0.460 bits per heavy atom. The average molecular weight is 894 g/mol. The molecule has 0 aliphatic rings. The Hall–Kier alpha value is -1.97. The lowest BCUT2D eigenvalue weighted by Gasteiger charge is -2.26. The zero-order chi connectivity index (χ0) is 46.3. The van der Waals surface area contributed by atoms with Crippen molar-refractivity contribution in [3.05, 3.63) is 12.2 Å². The minimum atomic E-state index is -1.62. The second-order valence-electron chi connectivity index (χ2n) is 19.5. The maximum atomic E-state index is 12.8. The van der Waals surface area contributed by atoms with Crippen LogP contribution < -0.4 is 5.11 Å². The molecule has 0 amide bonds. The zero-order valence-corrected chi connectivity index (χ0v) is 42.2. The predicted molar refractivity (Wildman–Crippen MR) is 260 cm³/mol. The Morgan fingerprint density at radius 3 is 1.17 bits per heavy atom. The molecular formula is C54H103NO8. The highest BCUT2D eigenvalue weighted by molar-refractivity contribution is 5.70. The predicted octanol–water partition coefficient (Wildman–Crippen LogP) is 13.7. The van der Waals surface area contributed by atoms with Gasteiger partial charge in [-0.15, -0.1) is 0 Å². The number of ether oxygens (including phenoxy) is 4. The lowest BCUT2D eigenvalue weighted by molar-refractivity contribution is -0.870. The van der Waals surface area contributed by atoms with E-state index in [2.05, 4.69) is 26.0 Å². The van der Waals surface area contributed by atoms with Crippen LogP contribution in [0, 0.1) is 0 Å². The van der Waals surface area contributed by atoms with Crippen molar-refractivity contribution in [1.29, 1.82) is 0 Å². The Balaban J connectivity index is 4.26. The van der Waals surface area contributed by atoms with E-state index in [0.717, 1.165) is 44.9 Å². The number of hydrogen-bond acceptors (Lipinski definition) is 8. The molecule has 0 saturated carbocycles. The molecule has 0 saturated heterocycles. The normalized spacial score (nSPS) is 12.8. The number of carbonyl (C=O) groups is 3. The van der Waals surface area contributed by atoms with Crippen molar-refractivity contribution < 1.29 is 42.9 Å². The molecule has 0 aromatic rings. The van der Waals surface area contributed by atoms with E-state index in [1.807, 2.05) is 21.1 Å². The van der Waals surface area contributed by atoms with Crippen LogP contribution in [0.5, 0.6) is 0 Å². The first-order chi connectivity index (χ1) is 30.6. The molecule has 372 valence electrons. The van der Waals surface area contributed by atoms with Crippen LogP contribution >= 0.6 is 0 Å². The van der Waals surface area contributed by atoms with Crippen LogP contribution in [0.3, 0.4) is 0 Å². The molecular weight excluding hydrogens is 791 g/mol. The Labute approximate surface area is 389 Å². The third-order valence-corrected chi connectivity index (χ3v) is 12.0. The summed E-state index contributed by atoms with van der Waals surface area (Å²) in [7, 11) is 5.92. The fraction of sp³-hybridized carbons (Fsp3) is 0.907. The lowest BCUT2D eigenvalue weighted by atomic mass is 10.0. The summed E-state index contributed by atoms with van der Waals surface area (Å²) in [5.41, 5.74) is 0. The molecule has 0 heterocycles. The summed E-state index contributed by atoms with van der Waals surface area (Å²) in [5.74, 6) is -2.27. The number of carboxylic acid groups (broad SMARTS) is 1. The third-order valence-electron chi connectivity index (χ3n) is 12.0. The summed E-state index contributed by atoms with van der Waals surface area (Å²) in [4.78, 5) is 37.2. The number of unbranched alkanes of at least 4 members (excludes halogenated alkanes) is 33. The molecule has 0 rings (SSSR count). The van der Waals surface area contributed by atoms with Gasteiger partial charge in [0.05, 0.1) is 40.3 Å². The molecule has 0 bridgehead atoms. The third kappa shape index (κ3) is 47.8. The quantitative estimate of drug-likeness (QED) is 0.0195. The Kier molecular flexibility index (Phi) is 45.1. The molecule has 0 fully saturated rings. The molecule has 0 N–H and O–H groups in total. The minimum Gasteiger partial charge on any atom is -0.545 e. The smallest absolute Gasteiger partial charge is 0.306 e. The standard InChI is InChI=1S/C54H103NO8/c1-6-8-10-12-14-16-18-20-22-24-25-26-27-29-30-32-34-36-38-40-42-44-51(56)61-48-50(49-62-54(53(58)59)60-47-46-55(3,4)5)63-52(57)45-43-41-39-37-35-33-31-28-23-21-19-17-15-13-11-9-7-2/h21,23,50,54H,6-20,22,24-49H2,1-5H3/b23-21-. The fourth-order valence-corrected chi connectivity index (χ4v) is 7.83. The second kappa shape index (κ2) is 46.6. The van der Waals surface area contributed by atoms with E-state index >= 15 is 0 Å². The monoisotopic (exact) mass is 894 g/mol. The number of aliphatic carboxylic acids is 1. The number of rotatable bonds is 50. The first-order valence-electron chi connectivity index (χ1n) is 26.8. The van der Waals surface area contributed by atoms with Gasteiger partial charge in [-0.25, -0.2) is 0 Å². The Morgan fingerprint density at radius 2 is 0.810 bits per heavy atom. The number of quaternary nitrogens is 1. The van der Waals surface area contributed by atoms with Gasteiger partial charge in [0, 0.05) is 12.8 Å². The maximum Gasteiger partial charge on any atom is 0.306 e. The molecule has 9 heteroatoms. The van der Waals surface area contributed by atoms with E-state index in [4.69, 9.17) is 18.9 Å². The van der Waals surface area contributed by atoms with Crippen LogP contribution in [0.25, 0.3) is 0 Å². The summed E-state index contributed by atoms with van der Waals surface area (Å²) in [6, 6.07) is 0. The summed E-state index contributed by atoms with van der Waals surface area (Å²) in [6.07, 6.45) is 48.2. The first-order valence-corrected chi connectivity index (χ1v) is 26.8. The molecule has 0 aliphatic carbocycles. The number of allylic oxidation sites excluding steroid dienone is 2. The number of nitrogens with zero attached hydrogens (tertiary/aromatic N) is 1. The van der Waals surface area contributed by atoms with Crippen molar-refractivity contribution in [1.82, 2.24) is 0 Å². The molecule has 0 aromatic carbocycles. The van der Waals surface area contributed by atoms with E-state index in [-0.39, 0.29) is 32.2 Å². The van der Waals surface area contributed by atoms with Crippen LogP contribution in [0.1, 0.15) is 258 Å². The van der Waals surface area contributed by atoms with Gasteiger partial charge >= 0.3 is 11.9 Å². The van der Waals surface area contributed by atoms with Gasteiger partial charge in [-0.05, 0) is 38.5 Å². The molecule has 0 radical (unpaired) electrons. The molecule has 0 aromatic heterocycles. The highest BCUT2D eigenvalue weighted by Gasteiger charge is 2.22. The molecule has 2 atom stereocenters. The van der Waals surface area contributed by atoms with Gasteiger partial charge in [0.1, 0.15) is 13.2 Å². The molecule has 9 nitrogen and oxygen atoms in total. The molecule has 63 heavy (non-hydrogen) atoms. The molecule has 0 aliphatic heterocycles. The summed E-state index contributed by atoms with van der Waals surface area (Å²) < 4.78 is 22.7. The van der Waals surface area contributed by atoms with E-state index in [1.165, 1.54) is 180 Å². The second-order valence-corrected chi connectivity index (χ2v) is 19.5. The van der Waals surface area contributed by atoms with Crippen molar-refractivity contribution in [2.24, 2.45) is 0 Å². The first kappa shape index (κ1) is 61.0.